The molecule has 14 heteroatoms. The van der Waals surface area contributed by atoms with Gasteiger partial charge in [0.2, 0.25) is 0 Å². The Hall–Kier alpha value is -4.20. The smallest absolute Gasteiger partial charge is 0.292 e. The average molecular weight is 498 g/mol. The maximum Gasteiger partial charge on any atom is 0.416 e. The first-order valence-electron chi connectivity index (χ1n) is 9.17. The van der Waals surface area contributed by atoms with E-state index in [0.29, 0.717) is 12.1 Å². The molecule has 0 unspecified atom stereocenters. The molecule has 0 aliphatic heterocycles. The van der Waals surface area contributed by atoms with E-state index in [1.807, 2.05) is 0 Å². The lowest BCUT2D eigenvalue weighted by atomic mass is 10.1. The third-order valence-electron chi connectivity index (χ3n) is 4.34. The Bertz CT molecular complexity index is 1350. The first kappa shape index (κ1) is 24.4. The van der Waals surface area contributed by atoms with E-state index in [1.165, 1.54) is 30.3 Å². The number of nitrogens with zero attached hydrogens (tertiary/aromatic N) is 1. The van der Waals surface area contributed by atoms with E-state index in [9.17, 15) is 40.9 Å². The molecule has 34 heavy (non-hydrogen) atoms. The normalized spacial score (nSPS) is 11.5. The van der Waals surface area contributed by atoms with Crippen molar-refractivity contribution in [3.8, 4) is 0 Å². The van der Waals surface area contributed by atoms with Crippen LogP contribution in [0.25, 0.3) is 0 Å². The number of carbonyl (C=O) groups is 1. The Balaban J connectivity index is 1.77. The van der Waals surface area contributed by atoms with Crippen LogP contribution in [-0.4, -0.2) is 19.2 Å². The van der Waals surface area contributed by atoms with Crippen molar-refractivity contribution in [1.29, 1.82) is 0 Å². The molecule has 0 atom stereocenters. The second kappa shape index (κ2) is 9.35. The number of hydrazine groups is 1. The molecule has 0 aromatic heterocycles. The molecule has 3 rings (SSSR count). The lowest BCUT2D eigenvalue weighted by molar-refractivity contribution is -0.384. The Kier molecular flexibility index (Phi) is 6.72. The zero-order chi connectivity index (χ0) is 25.1. The van der Waals surface area contributed by atoms with Gasteiger partial charge < -0.3 is 0 Å². The molecule has 9 nitrogen and oxygen atoms in total. The van der Waals surface area contributed by atoms with Gasteiger partial charge in [0.05, 0.1) is 15.4 Å². The van der Waals surface area contributed by atoms with Gasteiger partial charge in [0.1, 0.15) is 11.5 Å². The highest BCUT2D eigenvalue weighted by molar-refractivity contribution is 7.92. The van der Waals surface area contributed by atoms with E-state index in [2.05, 4.69) is 15.6 Å². The molecule has 0 heterocycles. The molecule has 0 aliphatic carbocycles. The van der Waals surface area contributed by atoms with Gasteiger partial charge in [-0.1, -0.05) is 6.07 Å². The van der Waals surface area contributed by atoms with Crippen molar-refractivity contribution in [3.63, 3.8) is 0 Å². The van der Waals surface area contributed by atoms with Crippen molar-refractivity contribution in [2.75, 3.05) is 10.1 Å². The van der Waals surface area contributed by atoms with Crippen LogP contribution in [0.3, 0.4) is 0 Å². The summed E-state index contributed by atoms with van der Waals surface area (Å²) < 4.78 is 78.7. The minimum atomic E-state index is -4.81. The fourth-order valence-electron chi connectivity index (χ4n) is 2.70. The second-order valence-electron chi connectivity index (χ2n) is 6.71. The summed E-state index contributed by atoms with van der Waals surface area (Å²) >= 11 is 0. The van der Waals surface area contributed by atoms with Crippen LogP contribution in [0.2, 0.25) is 0 Å². The molecule has 3 N–H and O–H groups in total. The number of nitrogens with one attached hydrogen (secondary N) is 3. The van der Waals surface area contributed by atoms with Crippen LogP contribution in [0.5, 0.6) is 0 Å². The fourth-order valence-corrected chi connectivity index (χ4v) is 3.80. The van der Waals surface area contributed by atoms with E-state index in [-0.39, 0.29) is 16.1 Å². The van der Waals surface area contributed by atoms with Crippen molar-refractivity contribution in [3.05, 3.63) is 93.8 Å². The predicted octanol–water partition coefficient (Wildman–Crippen LogP) is 4.31. The molecule has 0 bridgehead atoms. The van der Waals surface area contributed by atoms with Gasteiger partial charge in [0.15, 0.2) is 0 Å². The predicted molar refractivity (Wildman–Crippen MR) is 113 cm³/mol. The van der Waals surface area contributed by atoms with Crippen LogP contribution in [0.4, 0.5) is 34.6 Å². The van der Waals surface area contributed by atoms with Gasteiger partial charge >= 0.3 is 6.18 Å². The topological polar surface area (TPSA) is 130 Å². The van der Waals surface area contributed by atoms with Crippen molar-refractivity contribution in [2.45, 2.75) is 11.1 Å². The highest BCUT2D eigenvalue weighted by Gasteiger charge is 2.33. The first-order valence-corrected chi connectivity index (χ1v) is 10.7. The summed E-state index contributed by atoms with van der Waals surface area (Å²) in [4.78, 5) is 22.2. The van der Waals surface area contributed by atoms with Gasteiger partial charge in [-0.2, -0.15) is 13.2 Å². The number of carbonyl (C=O) groups excluding carboxylic acids is 1. The lowest BCUT2D eigenvalue weighted by Gasteiger charge is -2.12. The summed E-state index contributed by atoms with van der Waals surface area (Å²) in [5, 5.41) is 11.1. The monoisotopic (exact) mass is 498 g/mol. The van der Waals surface area contributed by atoms with Gasteiger partial charge in [-0.25, -0.2) is 12.8 Å². The Morgan fingerprint density at radius 3 is 2.26 bits per heavy atom. The third-order valence-corrected chi connectivity index (χ3v) is 5.71. The lowest BCUT2D eigenvalue weighted by Crippen LogP contribution is -2.30. The molecule has 3 aromatic rings. The summed E-state index contributed by atoms with van der Waals surface area (Å²) in [6, 6.07) is 10.9. The van der Waals surface area contributed by atoms with Gasteiger partial charge in [-0.3, -0.25) is 30.5 Å². The summed E-state index contributed by atoms with van der Waals surface area (Å²) in [6.07, 6.45) is -4.81. The molecule has 0 saturated carbocycles. The zero-order valence-corrected chi connectivity index (χ0v) is 17.6. The van der Waals surface area contributed by atoms with E-state index in [0.717, 1.165) is 24.3 Å². The molecule has 0 aliphatic rings. The highest BCUT2D eigenvalue weighted by Crippen LogP contribution is 2.34. The Morgan fingerprint density at radius 1 is 0.971 bits per heavy atom. The number of hydrogen-bond acceptors (Lipinski definition) is 6. The summed E-state index contributed by atoms with van der Waals surface area (Å²) in [5.74, 6) is -1.49. The van der Waals surface area contributed by atoms with Crippen LogP contribution in [-0.2, 0) is 16.2 Å². The molecular weight excluding hydrogens is 484 g/mol. The van der Waals surface area contributed by atoms with Crippen molar-refractivity contribution >= 4 is 33.0 Å². The Labute approximate surface area is 189 Å². The molecule has 0 fully saturated rings. The molecule has 1 amide bonds. The van der Waals surface area contributed by atoms with Crippen LogP contribution in [0.15, 0.2) is 71.6 Å². The summed E-state index contributed by atoms with van der Waals surface area (Å²) in [5.41, 5.74) is 1.53. The minimum absolute atomic E-state index is 0.0764. The maximum absolute atomic E-state index is 13.0. The average Bonchev–Trinajstić information content (AvgIpc) is 2.78. The number of alkyl halides is 3. The number of nitro groups is 1. The molecule has 0 radical (unpaired) electrons. The first-order chi connectivity index (χ1) is 15.9. The SMILES string of the molecule is O=C(NNc1ccc(C(F)(F)F)cc1[N+](=O)[O-])c1cccc(S(=O)(=O)Nc2ccc(F)cc2)c1. The third kappa shape index (κ3) is 5.78. The quantitative estimate of drug-likeness (QED) is 0.253. The van der Waals surface area contributed by atoms with Crippen LogP contribution >= 0.6 is 0 Å². The van der Waals surface area contributed by atoms with Gasteiger partial charge in [-0.15, -0.1) is 0 Å². The number of sulfonamides is 1. The van der Waals surface area contributed by atoms with Crippen LogP contribution in [0, 0.1) is 15.9 Å². The fraction of sp³-hybridized carbons (Fsp3) is 0.0500. The van der Waals surface area contributed by atoms with Gasteiger partial charge in [-0.05, 0) is 54.6 Å². The number of halogens is 4. The van der Waals surface area contributed by atoms with Crippen molar-refractivity contribution in [1.82, 2.24) is 5.43 Å². The standard InChI is InChI=1S/C20H14F4N4O5S/c21-14-5-7-15(8-6-14)27-34(32,33)16-3-1-2-12(10-16)19(29)26-25-17-9-4-13(20(22,23)24)11-18(17)28(30)31/h1-11,25,27H,(H,26,29). The number of nitro benzene ring substituents is 1. The highest BCUT2D eigenvalue weighted by atomic mass is 32.2. The second-order valence-corrected chi connectivity index (χ2v) is 8.39. The number of hydrogen-bond donors (Lipinski definition) is 3. The van der Waals surface area contributed by atoms with Gasteiger partial charge in [0, 0.05) is 17.3 Å². The van der Waals surface area contributed by atoms with Crippen molar-refractivity contribution < 1.29 is 35.7 Å². The Morgan fingerprint density at radius 2 is 1.65 bits per heavy atom. The summed E-state index contributed by atoms with van der Waals surface area (Å²) in [6.45, 7) is 0. The molecular formula is C20H14F4N4O5S. The molecule has 3 aromatic carbocycles. The number of amides is 1. The van der Waals surface area contributed by atoms with E-state index < -0.39 is 49.8 Å². The largest absolute Gasteiger partial charge is 0.416 e. The number of anilines is 2. The van der Waals surface area contributed by atoms with E-state index >= 15 is 0 Å². The van der Waals surface area contributed by atoms with E-state index in [1.54, 1.807) is 0 Å². The molecule has 178 valence electrons. The van der Waals surface area contributed by atoms with E-state index in [4.69, 9.17) is 0 Å². The van der Waals surface area contributed by atoms with Crippen LogP contribution < -0.4 is 15.6 Å². The molecule has 0 spiro atoms. The number of benzene rings is 3. The van der Waals surface area contributed by atoms with Gasteiger partial charge in [0.25, 0.3) is 21.6 Å². The van der Waals surface area contributed by atoms with Crippen LogP contribution in [0.1, 0.15) is 15.9 Å². The number of rotatable bonds is 7. The zero-order valence-electron chi connectivity index (χ0n) is 16.8. The maximum atomic E-state index is 13.0. The summed E-state index contributed by atoms with van der Waals surface area (Å²) in [7, 11) is -4.15. The molecule has 0 saturated heterocycles. The minimum Gasteiger partial charge on any atom is -0.292 e. The van der Waals surface area contributed by atoms with Crippen molar-refractivity contribution in [2.24, 2.45) is 0 Å².